The fraction of sp³-hybridized carbons (Fsp3) is 0.286. The molecule has 0 spiro atoms. The number of nitrogens with two attached hydrogens (primary N) is 1. The van der Waals surface area contributed by atoms with Crippen molar-refractivity contribution in [1.29, 1.82) is 5.26 Å². The van der Waals surface area contributed by atoms with E-state index in [1.54, 1.807) is 14.0 Å². The smallest absolute Gasteiger partial charge is 0.153 e. The van der Waals surface area contributed by atoms with Crippen molar-refractivity contribution in [2.24, 2.45) is 21.0 Å². The Bertz CT molecular complexity index is 614. The van der Waals surface area contributed by atoms with E-state index in [0.29, 0.717) is 5.71 Å². The molecule has 0 saturated carbocycles. The van der Waals surface area contributed by atoms with E-state index in [-0.39, 0.29) is 18.2 Å². The lowest BCUT2D eigenvalue weighted by Crippen LogP contribution is -2.26. The second-order valence-corrected chi connectivity index (χ2v) is 3.95. The van der Waals surface area contributed by atoms with Crippen molar-refractivity contribution in [2.45, 2.75) is 13.5 Å². The molecule has 0 aliphatic heterocycles. The first kappa shape index (κ1) is 16.2. The highest BCUT2D eigenvalue weighted by molar-refractivity contribution is 6.47. The Kier molecular flexibility index (Phi) is 6.41. The topological polar surface area (TPSA) is 105 Å². The number of benzene rings is 1. The molecule has 0 bridgehead atoms. The lowest BCUT2D eigenvalue weighted by molar-refractivity contribution is 0.130. The van der Waals surface area contributed by atoms with Gasteiger partial charge in [-0.2, -0.15) is 5.26 Å². The van der Waals surface area contributed by atoms with Crippen LogP contribution in [-0.4, -0.2) is 31.4 Å². The largest absolute Gasteiger partial charge is 0.399 e. The van der Waals surface area contributed by atoms with Gasteiger partial charge in [-0.3, -0.25) is 4.99 Å². The van der Waals surface area contributed by atoms with E-state index in [2.05, 4.69) is 15.3 Å². The SMILES string of the molecule is CN=C(N)C(=NOC)c1ccccc1CO/N=C(\C)C#N. The molecule has 2 N–H and O–H groups in total. The van der Waals surface area contributed by atoms with E-state index < -0.39 is 0 Å². The van der Waals surface area contributed by atoms with Gasteiger partial charge in [0, 0.05) is 18.2 Å². The molecule has 110 valence electrons. The highest BCUT2D eigenvalue weighted by atomic mass is 16.6. The second kappa shape index (κ2) is 8.32. The Hall–Kier alpha value is -2.88. The van der Waals surface area contributed by atoms with Crippen LogP contribution in [0.1, 0.15) is 18.1 Å². The Morgan fingerprint density at radius 1 is 1.33 bits per heavy atom. The monoisotopic (exact) mass is 287 g/mol. The van der Waals surface area contributed by atoms with Crippen molar-refractivity contribution in [3.8, 4) is 6.07 Å². The minimum Gasteiger partial charge on any atom is -0.399 e. The molecule has 0 unspecified atom stereocenters. The van der Waals surface area contributed by atoms with E-state index >= 15 is 0 Å². The van der Waals surface area contributed by atoms with Gasteiger partial charge in [0.25, 0.3) is 0 Å². The molecule has 0 heterocycles. The summed E-state index contributed by atoms with van der Waals surface area (Å²) >= 11 is 0. The van der Waals surface area contributed by atoms with Crippen LogP contribution in [-0.2, 0) is 16.3 Å². The zero-order valence-electron chi connectivity index (χ0n) is 12.2. The van der Waals surface area contributed by atoms with Gasteiger partial charge >= 0.3 is 0 Å². The van der Waals surface area contributed by atoms with Crippen LogP contribution in [0.5, 0.6) is 0 Å². The molecule has 1 aromatic carbocycles. The van der Waals surface area contributed by atoms with Crippen molar-refractivity contribution >= 4 is 17.3 Å². The van der Waals surface area contributed by atoms with Gasteiger partial charge in [-0.25, -0.2) is 0 Å². The van der Waals surface area contributed by atoms with Crippen molar-refractivity contribution in [3.05, 3.63) is 35.4 Å². The molecule has 0 aromatic heterocycles. The summed E-state index contributed by atoms with van der Waals surface area (Å²) in [6, 6.07) is 9.25. The van der Waals surface area contributed by atoms with E-state index in [4.69, 9.17) is 20.7 Å². The van der Waals surface area contributed by atoms with Gasteiger partial charge in [0.05, 0.1) is 0 Å². The van der Waals surface area contributed by atoms with Gasteiger partial charge in [-0.1, -0.05) is 34.6 Å². The van der Waals surface area contributed by atoms with Crippen LogP contribution >= 0.6 is 0 Å². The Balaban J connectivity index is 3.09. The van der Waals surface area contributed by atoms with Gasteiger partial charge in [0.2, 0.25) is 0 Å². The number of nitriles is 1. The van der Waals surface area contributed by atoms with Gasteiger partial charge in [0.1, 0.15) is 25.6 Å². The maximum atomic E-state index is 8.62. The van der Waals surface area contributed by atoms with Crippen molar-refractivity contribution < 1.29 is 9.68 Å². The Morgan fingerprint density at radius 2 is 2.05 bits per heavy atom. The first-order valence-corrected chi connectivity index (χ1v) is 6.12. The van der Waals surface area contributed by atoms with Gasteiger partial charge in [0.15, 0.2) is 11.4 Å². The molecule has 1 rings (SSSR count). The number of rotatable bonds is 6. The number of oxime groups is 2. The summed E-state index contributed by atoms with van der Waals surface area (Å²) < 4.78 is 0. The molecule has 0 atom stereocenters. The average Bonchev–Trinajstić information content (AvgIpc) is 2.52. The van der Waals surface area contributed by atoms with Crippen LogP contribution < -0.4 is 5.73 Å². The fourth-order valence-electron chi connectivity index (χ4n) is 1.53. The van der Waals surface area contributed by atoms with Gasteiger partial charge in [-0.05, 0) is 6.92 Å². The average molecular weight is 287 g/mol. The number of nitrogens with zero attached hydrogens (tertiary/aromatic N) is 4. The number of hydrogen-bond donors (Lipinski definition) is 1. The van der Waals surface area contributed by atoms with Gasteiger partial charge in [-0.15, -0.1) is 0 Å². The molecule has 0 aliphatic rings. The highest BCUT2D eigenvalue weighted by Gasteiger charge is 2.14. The zero-order valence-corrected chi connectivity index (χ0v) is 12.2. The number of hydrogen-bond acceptors (Lipinski definition) is 6. The predicted octanol–water partition coefficient (Wildman–Crippen LogP) is 1.44. The minimum absolute atomic E-state index is 0.176. The third kappa shape index (κ3) is 4.62. The normalized spacial score (nSPS) is 12.8. The molecule has 7 nitrogen and oxygen atoms in total. The third-order valence-corrected chi connectivity index (χ3v) is 2.52. The molecule has 0 aliphatic carbocycles. The maximum absolute atomic E-state index is 8.62. The van der Waals surface area contributed by atoms with Crippen molar-refractivity contribution in [3.63, 3.8) is 0 Å². The van der Waals surface area contributed by atoms with E-state index in [0.717, 1.165) is 11.1 Å². The lowest BCUT2D eigenvalue weighted by Gasteiger charge is -2.10. The van der Waals surface area contributed by atoms with Crippen LogP contribution in [0.15, 0.2) is 39.6 Å². The fourth-order valence-corrected chi connectivity index (χ4v) is 1.53. The molecule has 0 fully saturated rings. The molecule has 7 heteroatoms. The summed E-state index contributed by atoms with van der Waals surface area (Å²) in [5.41, 5.74) is 8.02. The first-order chi connectivity index (χ1) is 10.1. The molecular weight excluding hydrogens is 270 g/mol. The summed E-state index contributed by atoms with van der Waals surface area (Å²) in [5, 5.41) is 16.2. The van der Waals surface area contributed by atoms with Crippen molar-refractivity contribution in [2.75, 3.05) is 14.2 Å². The standard InChI is InChI=1S/C14H17N5O2/c1-10(8-15)18-21-9-11-6-4-5-7-12(11)13(19-20-3)14(16)17-2/h4-7H,9H2,1-3H3,(H2,16,17)/b18-10+,19-13?. The summed E-state index contributed by atoms with van der Waals surface area (Å²) in [6.07, 6.45) is 0. The molecule has 21 heavy (non-hydrogen) atoms. The highest BCUT2D eigenvalue weighted by Crippen LogP contribution is 2.12. The van der Waals surface area contributed by atoms with Gasteiger partial charge < -0.3 is 15.4 Å². The minimum atomic E-state index is 0.176. The van der Waals surface area contributed by atoms with E-state index in [1.807, 2.05) is 30.3 Å². The molecule has 0 amide bonds. The summed E-state index contributed by atoms with van der Waals surface area (Å²) in [4.78, 5) is 13.9. The van der Waals surface area contributed by atoms with Crippen LogP contribution in [0.4, 0.5) is 0 Å². The summed E-state index contributed by atoms with van der Waals surface area (Å²) in [6.45, 7) is 1.74. The van der Waals surface area contributed by atoms with Crippen LogP contribution in [0.25, 0.3) is 0 Å². The summed E-state index contributed by atoms with van der Waals surface area (Å²) in [7, 11) is 3.00. The predicted molar refractivity (Wildman–Crippen MR) is 81.0 cm³/mol. The molecule has 1 aromatic rings. The second-order valence-electron chi connectivity index (χ2n) is 3.95. The zero-order chi connectivity index (χ0) is 15.7. The van der Waals surface area contributed by atoms with Crippen molar-refractivity contribution in [1.82, 2.24) is 0 Å². The number of aliphatic imine (C=N–C) groups is 1. The quantitative estimate of drug-likeness (QED) is 0.485. The lowest BCUT2D eigenvalue weighted by atomic mass is 10.0. The maximum Gasteiger partial charge on any atom is 0.153 e. The molecule has 0 radical (unpaired) electrons. The van der Waals surface area contributed by atoms with Crippen LogP contribution in [0.3, 0.4) is 0 Å². The van der Waals surface area contributed by atoms with E-state index in [9.17, 15) is 0 Å². The first-order valence-electron chi connectivity index (χ1n) is 6.12. The van der Waals surface area contributed by atoms with E-state index in [1.165, 1.54) is 7.11 Å². The van der Waals surface area contributed by atoms with Crippen LogP contribution in [0, 0.1) is 11.3 Å². The Morgan fingerprint density at radius 3 is 2.67 bits per heavy atom. The molecule has 0 saturated heterocycles. The summed E-state index contributed by atoms with van der Waals surface area (Å²) in [5.74, 6) is 0.251. The Labute approximate surface area is 123 Å². The third-order valence-electron chi connectivity index (χ3n) is 2.52. The molecular formula is C14H17N5O2. The number of amidine groups is 1. The van der Waals surface area contributed by atoms with Crippen LogP contribution in [0.2, 0.25) is 0 Å².